The molecule has 0 saturated carbocycles. The van der Waals surface area contributed by atoms with Gasteiger partial charge < -0.3 is 24.4 Å². The zero-order valence-electron chi connectivity index (χ0n) is 18.0. The molecule has 0 aromatic heterocycles. The largest absolute Gasteiger partial charge is 0.497 e. The van der Waals surface area contributed by atoms with E-state index in [2.05, 4.69) is 5.32 Å². The van der Waals surface area contributed by atoms with E-state index < -0.39 is 0 Å². The van der Waals surface area contributed by atoms with Gasteiger partial charge in [0.25, 0.3) is 5.91 Å². The summed E-state index contributed by atoms with van der Waals surface area (Å²) < 4.78 is 16.2. The molecule has 2 heterocycles. The molecule has 0 spiro atoms. The van der Waals surface area contributed by atoms with Crippen molar-refractivity contribution in [2.24, 2.45) is 5.92 Å². The number of carbonyl (C=O) groups is 3. The summed E-state index contributed by atoms with van der Waals surface area (Å²) in [6.07, 6.45) is 1.18. The number of fused-ring (bicyclic) bond motifs is 1. The number of methoxy groups -OCH3 is 1. The Morgan fingerprint density at radius 3 is 2.31 bits per heavy atom. The summed E-state index contributed by atoms with van der Waals surface area (Å²) in [6, 6.07) is 12.0. The number of ketones is 1. The Morgan fingerprint density at radius 1 is 0.969 bits per heavy atom. The Kier molecular flexibility index (Phi) is 6.58. The molecule has 0 atom stereocenters. The zero-order chi connectivity index (χ0) is 22.5. The summed E-state index contributed by atoms with van der Waals surface area (Å²) in [5.41, 5.74) is 1.06. The fourth-order valence-electron chi connectivity index (χ4n) is 3.94. The van der Waals surface area contributed by atoms with E-state index in [0.717, 1.165) is 0 Å². The molecular formula is C24H26N2O6. The molecule has 2 aromatic carbocycles. The minimum atomic E-state index is -0.315. The van der Waals surface area contributed by atoms with Crippen LogP contribution in [-0.2, 0) is 4.79 Å². The first-order valence-corrected chi connectivity index (χ1v) is 10.7. The molecule has 0 aliphatic carbocycles. The van der Waals surface area contributed by atoms with Crippen molar-refractivity contribution in [1.82, 2.24) is 10.2 Å². The van der Waals surface area contributed by atoms with Gasteiger partial charge in [-0.05, 0) is 55.3 Å². The van der Waals surface area contributed by atoms with Crippen LogP contribution in [0.5, 0.6) is 17.2 Å². The number of benzene rings is 2. The summed E-state index contributed by atoms with van der Waals surface area (Å²) in [4.78, 5) is 39.4. The molecule has 1 N–H and O–H groups in total. The van der Waals surface area contributed by atoms with Crippen LogP contribution < -0.4 is 19.5 Å². The molecule has 2 aliphatic rings. The Hall–Kier alpha value is -3.55. The van der Waals surface area contributed by atoms with Crippen LogP contribution in [0.1, 0.15) is 33.6 Å². The SMILES string of the molecule is COc1ccc(C(=O)NCC(=O)N2CCC(C(=O)c3ccc4c(c3)OCCO4)CC2)cc1. The lowest BCUT2D eigenvalue weighted by molar-refractivity contribution is -0.131. The van der Waals surface area contributed by atoms with Crippen molar-refractivity contribution in [3.8, 4) is 17.2 Å². The second kappa shape index (κ2) is 9.72. The quantitative estimate of drug-likeness (QED) is 0.696. The van der Waals surface area contributed by atoms with Gasteiger partial charge in [0.15, 0.2) is 17.3 Å². The fourth-order valence-corrected chi connectivity index (χ4v) is 3.94. The first-order valence-electron chi connectivity index (χ1n) is 10.7. The molecule has 2 aliphatic heterocycles. The van der Waals surface area contributed by atoms with Gasteiger partial charge in [0.05, 0.1) is 13.7 Å². The molecule has 0 unspecified atom stereocenters. The standard InChI is InChI=1S/C24H26N2O6/c1-30-19-5-2-17(3-6-19)24(29)25-15-22(27)26-10-8-16(9-11-26)23(28)18-4-7-20-21(14-18)32-13-12-31-20/h2-7,14,16H,8-13,15H2,1H3,(H,25,29). The number of ether oxygens (including phenoxy) is 3. The highest BCUT2D eigenvalue weighted by Crippen LogP contribution is 2.32. The Balaban J connectivity index is 1.26. The maximum atomic E-state index is 12.9. The monoisotopic (exact) mass is 438 g/mol. The summed E-state index contributed by atoms with van der Waals surface area (Å²) in [6.45, 7) is 1.87. The average molecular weight is 438 g/mol. The number of piperidine rings is 1. The zero-order valence-corrected chi connectivity index (χ0v) is 18.0. The second-order valence-electron chi connectivity index (χ2n) is 7.79. The Morgan fingerprint density at radius 2 is 1.62 bits per heavy atom. The number of likely N-dealkylation sites (tertiary alicyclic amines) is 1. The van der Waals surface area contributed by atoms with Crippen LogP contribution in [0, 0.1) is 5.92 Å². The van der Waals surface area contributed by atoms with E-state index in [1.807, 2.05) is 0 Å². The summed E-state index contributed by atoms with van der Waals surface area (Å²) in [5, 5.41) is 2.66. The Labute approximate surface area is 186 Å². The van der Waals surface area contributed by atoms with E-state index in [4.69, 9.17) is 14.2 Å². The van der Waals surface area contributed by atoms with Crippen molar-refractivity contribution in [3.63, 3.8) is 0 Å². The first kappa shape index (κ1) is 21.7. The van der Waals surface area contributed by atoms with Crippen LogP contribution in [0.4, 0.5) is 0 Å². The third-order valence-corrected chi connectivity index (χ3v) is 5.80. The molecule has 0 radical (unpaired) electrons. The highest BCUT2D eigenvalue weighted by atomic mass is 16.6. The van der Waals surface area contributed by atoms with Crippen LogP contribution in [-0.4, -0.2) is 62.5 Å². The smallest absolute Gasteiger partial charge is 0.251 e. The number of Topliss-reactive ketones (excluding diaryl/α,β-unsaturated/α-hetero) is 1. The molecular weight excluding hydrogens is 412 g/mol. The summed E-state index contributed by atoms with van der Waals surface area (Å²) >= 11 is 0. The maximum Gasteiger partial charge on any atom is 0.251 e. The predicted octanol–water partition coefficient (Wildman–Crippen LogP) is 2.32. The van der Waals surface area contributed by atoms with Gasteiger partial charge in [0.1, 0.15) is 19.0 Å². The van der Waals surface area contributed by atoms with Crippen LogP contribution in [0.25, 0.3) is 0 Å². The maximum absolute atomic E-state index is 12.9. The van der Waals surface area contributed by atoms with E-state index in [-0.39, 0.29) is 30.1 Å². The number of rotatable bonds is 6. The van der Waals surface area contributed by atoms with E-state index in [9.17, 15) is 14.4 Å². The minimum absolute atomic E-state index is 0.0573. The van der Waals surface area contributed by atoms with Gasteiger partial charge in [0.2, 0.25) is 5.91 Å². The van der Waals surface area contributed by atoms with Crippen LogP contribution >= 0.6 is 0 Å². The van der Waals surface area contributed by atoms with Crippen LogP contribution in [0.15, 0.2) is 42.5 Å². The lowest BCUT2D eigenvalue weighted by atomic mass is 9.88. The number of carbonyl (C=O) groups excluding carboxylic acids is 3. The number of amides is 2. The third kappa shape index (κ3) is 4.85. The van der Waals surface area contributed by atoms with Gasteiger partial charge in [-0.1, -0.05) is 0 Å². The molecule has 8 heteroatoms. The molecule has 0 bridgehead atoms. The van der Waals surface area contributed by atoms with E-state index >= 15 is 0 Å². The van der Waals surface area contributed by atoms with Crippen molar-refractivity contribution in [2.45, 2.75) is 12.8 Å². The fraction of sp³-hybridized carbons (Fsp3) is 0.375. The molecule has 4 rings (SSSR count). The molecule has 1 fully saturated rings. The Bertz CT molecular complexity index is 996. The van der Waals surface area contributed by atoms with Gasteiger partial charge in [-0.15, -0.1) is 0 Å². The lowest BCUT2D eigenvalue weighted by Gasteiger charge is -2.31. The first-order chi connectivity index (χ1) is 15.5. The number of hydrogen-bond acceptors (Lipinski definition) is 6. The number of nitrogens with zero attached hydrogens (tertiary/aromatic N) is 1. The molecule has 168 valence electrons. The highest BCUT2D eigenvalue weighted by Gasteiger charge is 2.29. The van der Waals surface area contributed by atoms with Crippen molar-refractivity contribution < 1.29 is 28.6 Å². The summed E-state index contributed by atoms with van der Waals surface area (Å²) in [7, 11) is 1.56. The van der Waals surface area contributed by atoms with Crippen molar-refractivity contribution >= 4 is 17.6 Å². The second-order valence-corrected chi connectivity index (χ2v) is 7.79. The van der Waals surface area contributed by atoms with Crippen molar-refractivity contribution in [2.75, 3.05) is 40.0 Å². The van der Waals surface area contributed by atoms with Gasteiger partial charge in [-0.3, -0.25) is 14.4 Å². The molecule has 8 nitrogen and oxygen atoms in total. The van der Waals surface area contributed by atoms with E-state index in [1.54, 1.807) is 54.5 Å². The van der Waals surface area contributed by atoms with E-state index in [0.29, 0.717) is 67.5 Å². The minimum Gasteiger partial charge on any atom is -0.497 e. The topological polar surface area (TPSA) is 94.2 Å². The summed E-state index contributed by atoms with van der Waals surface area (Å²) in [5.74, 6) is 1.36. The number of hydrogen-bond donors (Lipinski definition) is 1. The van der Waals surface area contributed by atoms with Crippen molar-refractivity contribution in [3.05, 3.63) is 53.6 Å². The molecule has 1 saturated heterocycles. The highest BCUT2D eigenvalue weighted by molar-refractivity contribution is 5.99. The third-order valence-electron chi connectivity index (χ3n) is 5.80. The van der Waals surface area contributed by atoms with Gasteiger partial charge >= 0.3 is 0 Å². The van der Waals surface area contributed by atoms with Crippen LogP contribution in [0.3, 0.4) is 0 Å². The normalized spacial score (nSPS) is 15.7. The lowest BCUT2D eigenvalue weighted by Crippen LogP contribution is -2.45. The number of nitrogens with one attached hydrogen (secondary N) is 1. The van der Waals surface area contributed by atoms with E-state index in [1.165, 1.54) is 0 Å². The van der Waals surface area contributed by atoms with Gasteiger partial charge in [-0.25, -0.2) is 0 Å². The average Bonchev–Trinajstić information content (AvgIpc) is 2.86. The van der Waals surface area contributed by atoms with Crippen molar-refractivity contribution in [1.29, 1.82) is 0 Å². The van der Waals surface area contributed by atoms with Gasteiger partial charge in [0, 0.05) is 30.1 Å². The molecule has 2 aromatic rings. The molecule has 32 heavy (non-hydrogen) atoms. The van der Waals surface area contributed by atoms with Crippen LogP contribution in [0.2, 0.25) is 0 Å². The van der Waals surface area contributed by atoms with Gasteiger partial charge in [-0.2, -0.15) is 0 Å². The molecule has 2 amide bonds. The predicted molar refractivity (Wildman–Crippen MR) is 116 cm³/mol.